The number of likely N-dealkylation sites (N-methyl/N-ethyl adjacent to an activating group) is 1. The number of ether oxygens (including phenoxy) is 1. The third-order valence-corrected chi connectivity index (χ3v) is 4.22. The molecule has 0 aliphatic heterocycles. The first kappa shape index (κ1) is 17.0. The maximum Gasteiger partial charge on any atom is 0.339 e. The van der Waals surface area contributed by atoms with E-state index in [4.69, 9.17) is 0 Å². The largest absolute Gasteiger partial charge is 0.465 e. The molecule has 2 rings (SSSR count). The average molecular weight is 318 g/mol. The minimum Gasteiger partial charge on any atom is -0.465 e. The summed E-state index contributed by atoms with van der Waals surface area (Å²) in [5.41, 5.74) is 0.492. The van der Waals surface area contributed by atoms with Crippen molar-refractivity contribution in [1.29, 1.82) is 0 Å². The minimum absolute atomic E-state index is 0.109. The first-order chi connectivity index (χ1) is 11.0. The number of para-hydroxylation sites is 1. The molecule has 23 heavy (non-hydrogen) atoms. The predicted octanol–water partition coefficient (Wildman–Crippen LogP) is 2.20. The fourth-order valence-electron chi connectivity index (χ4n) is 2.85. The van der Waals surface area contributed by atoms with E-state index in [-0.39, 0.29) is 17.3 Å². The number of hydrogen-bond donors (Lipinski definition) is 1. The summed E-state index contributed by atoms with van der Waals surface area (Å²) in [5.74, 6) is -1.89. The Bertz CT molecular complexity index is 594. The Morgan fingerprint density at radius 2 is 1.78 bits per heavy atom. The summed E-state index contributed by atoms with van der Waals surface area (Å²) in [5, 5.41) is 2.51. The van der Waals surface area contributed by atoms with Gasteiger partial charge in [0.15, 0.2) is 0 Å². The van der Waals surface area contributed by atoms with Crippen molar-refractivity contribution in [2.75, 3.05) is 19.5 Å². The molecule has 1 aromatic rings. The highest BCUT2D eigenvalue weighted by atomic mass is 16.5. The van der Waals surface area contributed by atoms with E-state index in [0.717, 1.165) is 25.7 Å². The van der Waals surface area contributed by atoms with Gasteiger partial charge in [0, 0.05) is 13.1 Å². The van der Waals surface area contributed by atoms with E-state index < -0.39 is 17.8 Å². The van der Waals surface area contributed by atoms with Gasteiger partial charge in [0.1, 0.15) is 0 Å². The van der Waals surface area contributed by atoms with Gasteiger partial charge in [0.2, 0.25) is 0 Å². The summed E-state index contributed by atoms with van der Waals surface area (Å²) < 4.78 is 4.68. The number of esters is 1. The third-order valence-electron chi connectivity index (χ3n) is 4.22. The number of carbonyl (C=O) groups excluding carboxylic acids is 3. The van der Waals surface area contributed by atoms with Crippen LogP contribution < -0.4 is 5.32 Å². The molecule has 1 aliphatic rings. The van der Waals surface area contributed by atoms with Crippen LogP contribution in [0.4, 0.5) is 5.69 Å². The smallest absolute Gasteiger partial charge is 0.339 e. The lowest BCUT2D eigenvalue weighted by atomic mass is 9.94. The van der Waals surface area contributed by atoms with Gasteiger partial charge in [-0.25, -0.2) is 4.79 Å². The molecular formula is C17H22N2O4. The van der Waals surface area contributed by atoms with Crippen molar-refractivity contribution in [2.24, 2.45) is 0 Å². The standard InChI is InChI=1S/C17H22N2O4/c1-19(12-8-4-3-5-9-12)16(21)15(20)18-14-11-7-6-10-13(14)17(22)23-2/h6-7,10-12H,3-5,8-9H2,1-2H3,(H,18,20). The molecule has 1 fully saturated rings. The van der Waals surface area contributed by atoms with Crippen LogP contribution in [0.1, 0.15) is 42.5 Å². The summed E-state index contributed by atoms with van der Waals surface area (Å²) >= 11 is 0. The third kappa shape index (κ3) is 4.09. The van der Waals surface area contributed by atoms with Crippen LogP contribution in [0.15, 0.2) is 24.3 Å². The zero-order chi connectivity index (χ0) is 16.8. The molecule has 0 atom stereocenters. The molecule has 6 heteroatoms. The highest BCUT2D eigenvalue weighted by molar-refractivity contribution is 6.39. The first-order valence-electron chi connectivity index (χ1n) is 7.80. The lowest BCUT2D eigenvalue weighted by Crippen LogP contribution is -2.44. The van der Waals surface area contributed by atoms with Crippen LogP contribution in [0, 0.1) is 0 Å². The molecule has 0 aromatic heterocycles. The fraction of sp³-hybridized carbons (Fsp3) is 0.471. The van der Waals surface area contributed by atoms with Crippen molar-refractivity contribution < 1.29 is 19.1 Å². The van der Waals surface area contributed by atoms with Gasteiger partial charge in [-0.2, -0.15) is 0 Å². The Kier molecular flexibility index (Phi) is 5.73. The predicted molar refractivity (Wildman–Crippen MR) is 86.1 cm³/mol. The van der Waals surface area contributed by atoms with Crippen LogP contribution >= 0.6 is 0 Å². The first-order valence-corrected chi connectivity index (χ1v) is 7.80. The average Bonchev–Trinajstić information content (AvgIpc) is 2.61. The molecule has 0 unspecified atom stereocenters. The zero-order valence-corrected chi connectivity index (χ0v) is 13.5. The van der Waals surface area contributed by atoms with Crippen molar-refractivity contribution >= 4 is 23.5 Å². The van der Waals surface area contributed by atoms with Crippen LogP contribution in [0.5, 0.6) is 0 Å². The van der Waals surface area contributed by atoms with Crippen LogP contribution in [-0.4, -0.2) is 42.9 Å². The summed E-state index contributed by atoms with van der Waals surface area (Å²) in [4.78, 5) is 37.7. The monoisotopic (exact) mass is 318 g/mol. The maximum atomic E-state index is 12.3. The second-order valence-electron chi connectivity index (χ2n) is 5.70. The van der Waals surface area contributed by atoms with Crippen molar-refractivity contribution in [3.8, 4) is 0 Å². The number of nitrogens with one attached hydrogen (secondary N) is 1. The molecule has 1 aromatic carbocycles. The number of methoxy groups -OCH3 is 1. The number of carbonyl (C=O) groups is 3. The van der Waals surface area contributed by atoms with E-state index in [1.165, 1.54) is 24.5 Å². The highest BCUT2D eigenvalue weighted by Crippen LogP contribution is 2.22. The van der Waals surface area contributed by atoms with Gasteiger partial charge in [-0.1, -0.05) is 31.4 Å². The number of benzene rings is 1. The summed E-state index contributed by atoms with van der Waals surface area (Å²) in [6.07, 6.45) is 5.18. The van der Waals surface area contributed by atoms with Crippen LogP contribution in [0.3, 0.4) is 0 Å². The molecule has 0 heterocycles. The van der Waals surface area contributed by atoms with Gasteiger partial charge in [-0.3, -0.25) is 9.59 Å². The Morgan fingerprint density at radius 3 is 2.43 bits per heavy atom. The second-order valence-corrected chi connectivity index (χ2v) is 5.70. The van der Waals surface area contributed by atoms with Crippen molar-refractivity contribution in [3.63, 3.8) is 0 Å². The molecule has 1 saturated carbocycles. The molecule has 0 radical (unpaired) electrons. The van der Waals surface area contributed by atoms with E-state index >= 15 is 0 Å². The molecule has 124 valence electrons. The quantitative estimate of drug-likeness (QED) is 0.685. The number of hydrogen-bond acceptors (Lipinski definition) is 4. The molecular weight excluding hydrogens is 296 g/mol. The van der Waals surface area contributed by atoms with E-state index in [9.17, 15) is 14.4 Å². The van der Waals surface area contributed by atoms with Crippen LogP contribution in [0.25, 0.3) is 0 Å². The number of nitrogens with zero attached hydrogens (tertiary/aromatic N) is 1. The number of anilines is 1. The van der Waals surface area contributed by atoms with E-state index in [1.54, 1.807) is 25.2 Å². The van der Waals surface area contributed by atoms with Crippen molar-refractivity contribution in [1.82, 2.24) is 4.90 Å². The van der Waals surface area contributed by atoms with Gasteiger partial charge in [0.05, 0.1) is 18.4 Å². The van der Waals surface area contributed by atoms with Gasteiger partial charge in [-0.15, -0.1) is 0 Å². The lowest BCUT2D eigenvalue weighted by molar-refractivity contribution is -0.144. The Balaban J connectivity index is 2.06. The van der Waals surface area contributed by atoms with Crippen molar-refractivity contribution in [3.05, 3.63) is 29.8 Å². The molecule has 1 aliphatic carbocycles. The number of rotatable bonds is 3. The Labute approximate surface area is 135 Å². The molecule has 0 saturated heterocycles. The van der Waals surface area contributed by atoms with Gasteiger partial charge in [-0.05, 0) is 25.0 Å². The number of amides is 2. The van der Waals surface area contributed by atoms with E-state index in [0.29, 0.717) is 0 Å². The Morgan fingerprint density at radius 1 is 1.13 bits per heavy atom. The summed E-state index contributed by atoms with van der Waals surface area (Å²) in [7, 11) is 2.92. The SMILES string of the molecule is COC(=O)c1ccccc1NC(=O)C(=O)N(C)C1CCCCC1. The minimum atomic E-state index is -0.741. The van der Waals surface area contributed by atoms with Gasteiger partial charge < -0.3 is 15.0 Å². The summed E-state index contributed by atoms with van der Waals surface area (Å²) in [6.45, 7) is 0. The normalized spacial score (nSPS) is 14.9. The Hall–Kier alpha value is -2.37. The van der Waals surface area contributed by atoms with Crippen LogP contribution in [0.2, 0.25) is 0 Å². The molecule has 6 nitrogen and oxygen atoms in total. The highest BCUT2D eigenvalue weighted by Gasteiger charge is 2.27. The molecule has 1 N–H and O–H groups in total. The van der Waals surface area contributed by atoms with Crippen molar-refractivity contribution in [2.45, 2.75) is 38.1 Å². The zero-order valence-electron chi connectivity index (χ0n) is 13.5. The topological polar surface area (TPSA) is 75.7 Å². The van der Waals surface area contributed by atoms with E-state index in [1.807, 2.05) is 0 Å². The molecule has 0 spiro atoms. The summed E-state index contributed by atoms with van der Waals surface area (Å²) in [6, 6.07) is 6.56. The molecule has 2 amide bonds. The lowest BCUT2D eigenvalue weighted by Gasteiger charge is -2.30. The molecule has 0 bridgehead atoms. The second kappa shape index (κ2) is 7.76. The van der Waals surface area contributed by atoms with Crippen LogP contribution in [-0.2, 0) is 14.3 Å². The van der Waals surface area contributed by atoms with Gasteiger partial charge >= 0.3 is 17.8 Å². The maximum absolute atomic E-state index is 12.3. The van der Waals surface area contributed by atoms with E-state index in [2.05, 4.69) is 10.1 Å². The van der Waals surface area contributed by atoms with Gasteiger partial charge in [0.25, 0.3) is 0 Å². The fourth-order valence-corrected chi connectivity index (χ4v) is 2.85.